The number of aryl methyl sites for hydroxylation is 1. The summed E-state index contributed by atoms with van der Waals surface area (Å²) in [5, 5.41) is 9.77. The van der Waals surface area contributed by atoms with Crippen LogP contribution in [-0.4, -0.2) is 56.3 Å². The number of carbonyl (C=O) groups excluding carboxylic acids is 1. The van der Waals surface area contributed by atoms with E-state index >= 15 is 0 Å². The predicted molar refractivity (Wildman–Crippen MR) is 108 cm³/mol. The molecule has 1 aliphatic heterocycles. The number of sulfonamides is 1. The zero-order chi connectivity index (χ0) is 21.0. The molecule has 3 rings (SSSR count). The predicted octanol–water partition coefficient (Wildman–Crippen LogP) is 2.43. The number of ether oxygens (including phenoxy) is 1. The van der Waals surface area contributed by atoms with Gasteiger partial charge in [0.25, 0.3) is 5.91 Å². The molecule has 1 saturated heterocycles. The summed E-state index contributed by atoms with van der Waals surface area (Å²) in [4.78, 5) is 14.0. The van der Waals surface area contributed by atoms with Gasteiger partial charge >= 0.3 is 0 Å². The highest BCUT2D eigenvalue weighted by Gasteiger charge is 2.31. The molecule has 2 aromatic rings. The zero-order valence-corrected chi connectivity index (χ0v) is 17.4. The largest absolute Gasteiger partial charge is 0.483 e. The van der Waals surface area contributed by atoms with Gasteiger partial charge in [-0.2, -0.15) is 9.57 Å². The van der Waals surface area contributed by atoms with Crippen LogP contribution in [0.25, 0.3) is 0 Å². The van der Waals surface area contributed by atoms with Gasteiger partial charge in [-0.05, 0) is 42.8 Å². The van der Waals surface area contributed by atoms with E-state index in [0.29, 0.717) is 10.8 Å². The zero-order valence-electron chi connectivity index (χ0n) is 15.8. The van der Waals surface area contributed by atoms with Crippen LogP contribution in [0.5, 0.6) is 5.75 Å². The van der Waals surface area contributed by atoms with Gasteiger partial charge in [-0.3, -0.25) is 4.79 Å². The number of halogens is 1. The van der Waals surface area contributed by atoms with Crippen molar-refractivity contribution in [2.24, 2.45) is 0 Å². The maximum atomic E-state index is 12.9. The molecule has 1 fully saturated rings. The smallest absolute Gasteiger partial charge is 0.260 e. The van der Waals surface area contributed by atoms with Crippen LogP contribution in [0.15, 0.2) is 47.4 Å². The number of benzene rings is 2. The Hall–Kier alpha value is -2.60. The van der Waals surface area contributed by atoms with Crippen molar-refractivity contribution in [1.29, 1.82) is 5.26 Å². The summed E-state index contributed by atoms with van der Waals surface area (Å²) in [6.45, 7) is 2.55. The van der Waals surface area contributed by atoms with E-state index in [0.717, 1.165) is 5.56 Å². The Labute approximate surface area is 175 Å². The minimum Gasteiger partial charge on any atom is -0.483 e. The normalized spacial score (nSPS) is 15.0. The average Bonchev–Trinajstić information content (AvgIpc) is 2.73. The van der Waals surface area contributed by atoms with Crippen LogP contribution in [0.4, 0.5) is 0 Å². The summed E-state index contributed by atoms with van der Waals surface area (Å²) < 4.78 is 32.6. The highest BCUT2D eigenvalue weighted by Crippen LogP contribution is 2.23. The van der Waals surface area contributed by atoms with E-state index < -0.39 is 10.0 Å². The van der Waals surface area contributed by atoms with Crippen LogP contribution < -0.4 is 4.74 Å². The number of carbonyl (C=O) groups is 1. The van der Waals surface area contributed by atoms with Crippen molar-refractivity contribution in [3.63, 3.8) is 0 Å². The lowest BCUT2D eigenvalue weighted by Gasteiger charge is -2.34. The number of rotatable bonds is 5. The maximum Gasteiger partial charge on any atom is 0.260 e. The van der Waals surface area contributed by atoms with Gasteiger partial charge in [0.2, 0.25) is 10.0 Å². The molecule has 1 amide bonds. The fourth-order valence-electron chi connectivity index (χ4n) is 3.11. The maximum absolute atomic E-state index is 12.9. The van der Waals surface area contributed by atoms with Gasteiger partial charge in [-0.1, -0.05) is 23.7 Å². The molecule has 0 unspecified atom stereocenters. The van der Waals surface area contributed by atoms with Crippen molar-refractivity contribution in [3.05, 3.63) is 58.6 Å². The first kappa shape index (κ1) is 21.1. The number of nitrogens with zero attached hydrogens (tertiary/aromatic N) is 3. The molecule has 0 saturated carbocycles. The third kappa shape index (κ3) is 4.70. The lowest BCUT2D eigenvalue weighted by molar-refractivity contribution is -0.134. The highest BCUT2D eigenvalue weighted by molar-refractivity contribution is 7.89. The second-order valence-corrected chi connectivity index (χ2v) is 8.93. The molecule has 29 heavy (non-hydrogen) atoms. The van der Waals surface area contributed by atoms with Crippen molar-refractivity contribution in [2.75, 3.05) is 32.8 Å². The van der Waals surface area contributed by atoms with Crippen LogP contribution in [0.2, 0.25) is 5.02 Å². The van der Waals surface area contributed by atoms with Crippen molar-refractivity contribution >= 4 is 27.5 Å². The molecule has 0 bridgehead atoms. The van der Waals surface area contributed by atoms with E-state index in [2.05, 4.69) is 0 Å². The van der Waals surface area contributed by atoms with Crippen LogP contribution >= 0.6 is 11.6 Å². The van der Waals surface area contributed by atoms with E-state index in [9.17, 15) is 18.5 Å². The molecule has 0 radical (unpaired) electrons. The minimum absolute atomic E-state index is 0.0103. The standard InChI is InChI=1S/C20H20ClN3O4S/c1-15-12-17(21)6-7-18(15)28-14-20(25)23-8-10-24(11-9-23)29(26,27)19-5-3-2-4-16(19)13-22/h2-7,12H,8-11,14H2,1H3. The third-order valence-electron chi connectivity index (χ3n) is 4.70. The molecule has 0 N–H and O–H groups in total. The molecule has 0 aromatic heterocycles. The highest BCUT2D eigenvalue weighted by atomic mass is 35.5. The Morgan fingerprint density at radius 3 is 2.52 bits per heavy atom. The lowest BCUT2D eigenvalue weighted by Crippen LogP contribution is -2.51. The van der Waals surface area contributed by atoms with Gasteiger partial charge in [0.05, 0.1) is 10.5 Å². The molecule has 7 nitrogen and oxygen atoms in total. The monoisotopic (exact) mass is 433 g/mol. The Bertz CT molecular complexity index is 1060. The number of hydrogen-bond acceptors (Lipinski definition) is 5. The Morgan fingerprint density at radius 1 is 1.17 bits per heavy atom. The molecule has 1 aliphatic rings. The second kappa shape index (κ2) is 8.82. The summed E-state index contributed by atoms with van der Waals surface area (Å²) in [5.41, 5.74) is 0.940. The molecule has 2 aromatic carbocycles. The topological polar surface area (TPSA) is 90.7 Å². The first-order valence-electron chi connectivity index (χ1n) is 8.99. The van der Waals surface area contributed by atoms with Gasteiger partial charge in [0, 0.05) is 31.2 Å². The molecule has 9 heteroatoms. The molecular weight excluding hydrogens is 414 g/mol. The second-order valence-electron chi connectivity index (χ2n) is 6.59. The molecule has 0 aliphatic carbocycles. The van der Waals surface area contributed by atoms with E-state index in [4.69, 9.17) is 16.3 Å². The van der Waals surface area contributed by atoms with Gasteiger partial charge in [-0.25, -0.2) is 8.42 Å². The van der Waals surface area contributed by atoms with Crippen LogP contribution in [-0.2, 0) is 14.8 Å². The van der Waals surface area contributed by atoms with Gasteiger partial charge in [0.1, 0.15) is 11.8 Å². The number of hydrogen-bond donors (Lipinski definition) is 0. The van der Waals surface area contributed by atoms with E-state index in [1.165, 1.54) is 16.4 Å². The number of piperazine rings is 1. The molecule has 0 atom stereocenters. The first-order chi connectivity index (χ1) is 13.8. The molecule has 1 heterocycles. The summed E-state index contributed by atoms with van der Waals surface area (Å²) in [5.74, 6) is 0.367. The fraction of sp³-hybridized carbons (Fsp3) is 0.300. The van der Waals surface area contributed by atoms with Gasteiger partial charge in [-0.15, -0.1) is 0 Å². The van der Waals surface area contributed by atoms with Crippen molar-refractivity contribution in [1.82, 2.24) is 9.21 Å². The minimum atomic E-state index is -3.79. The van der Waals surface area contributed by atoms with Gasteiger partial charge < -0.3 is 9.64 Å². The van der Waals surface area contributed by atoms with Crippen molar-refractivity contribution in [2.45, 2.75) is 11.8 Å². The number of nitriles is 1. The average molecular weight is 434 g/mol. The van der Waals surface area contributed by atoms with Crippen LogP contribution in [0.3, 0.4) is 0 Å². The fourth-order valence-corrected chi connectivity index (χ4v) is 4.90. The van der Waals surface area contributed by atoms with E-state index in [-0.39, 0.29) is 49.2 Å². The quantitative estimate of drug-likeness (QED) is 0.722. The Morgan fingerprint density at radius 2 is 1.86 bits per heavy atom. The Balaban J connectivity index is 1.60. The Kier molecular flexibility index (Phi) is 6.42. The molecule has 152 valence electrons. The molecule has 0 spiro atoms. The van der Waals surface area contributed by atoms with Crippen LogP contribution in [0.1, 0.15) is 11.1 Å². The summed E-state index contributed by atoms with van der Waals surface area (Å²) in [6, 6.07) is 13.2. The van der Waals surface area contributed by atoms with Crippen LogP contribution in [0, 0.1) is 18.3 Å². The van der Waals surface area contributed by atoms with E-state index in [1.807, 2.05) is 13.0 Å². The summed E-state index contributed by atoms with van der Waals surface area (Å²) in [6.07, 6.45) is 0. The van der Waals surface area contributed by atoms with Crippen molar-refractivity contribution < 1.29 is 17.9 Å². The summed E-state index contributed by atoms with van der Waals surface area (Å²) in [7, 11) is -3.79. The summed E-state index contributed by atoms with van der Waals surface area (Å²) >= 11 is 5.91. The lowest BCUT2D eigenvalue weighted by atomic mass is 10.2. The van der Waals surface area contributed by atoms with E-state index in [1.54, 1.807) is 35.2 Å². The molecular formula is C20H20ClN3O4S. The van der Waals surface area contributed by atoms with Gasteiger partial charge in [0.15, 0.2) is 6.61 Å². The third-order valence-corrected chi connectivity index (χ3v) is 6.90. The number of amides is 1. The van der Waals surface area contributed by atoms with Crippen molar-refractivity contribution in [3.8, 4) is 11.8 Å². The first-order valence-corrected chi connectivity index (χ1v) is 10.8. The SMILES string of the molecule is Cc1cc(Cl)ccc1OCC(=O)N1CCN(S(=O)(=O)c2ccccc2C#N)CC1.